The Morgan fingerprint density at radius 1 is 0.971 bits per heavy atom. The number of hydrogen-bond donors (Lipinski definition) is 2. The van der Waals surface area contributed by atoms with Crippen LogP contribution in [0.4, 0.5) is 4.79 Å². The molecule has 2 fully saturated rings. The molecule has 34 heavy (non-hydrogen) atoms. The Balaban J connectivity index is 1.28. The minimum absolute atomic E-state index is 0.0102. The lowest BCUT2D eigenvalue weighted by molar-refractivity contribution is -0.317. The van der Waals surface area contributed by atoms with E-state index in [1.54, 1.807) is 0 Å². The van der Waals surface area contributed by atoms with E-state index in [4.69, 9.17) is 14.2 Å². The molecule has 2 aromatic rings. The summed E-state index contributed by atoms with van der Waals surface area (Å²) in [4.78, 5) is 24.1. The number of carbonyl (C=O) groups excluding carboxylic acids is 1. The van der Waals surface area contributed by atoms with Crippen LogP contribution in [0.5, 0.6) is 0 Å². The van der Waals surface area contributed by atoms with Crippen LogP contribution in [0.1, 0.15) is 55.6 Å². The average Bonchev–Trinajstić information content (AvgIpc) is 3.17. The number of ether oxygens (including phenoxy) is 3. The number of amides is 1. The van der Waals surface area contributed by atoms with Gasteiger partial charge < -0.3 is 24.6 Å². The SMILES string of the molecule is O=C(O)CC[C@H]1CCC[C@@H](NC(=O)OCC2c3ccccc3-c3ccccc32)C12OCCCO2. The number of carbonyl (C=O) groups is 2. The van der Waals surface area contributed by atoms with E-state index in [-0.39, 0.29) is 30.9 Å². The maximum absolute atomic E-state index is 13.0. The van der Waals surface area contributed by atoms with Crippen molar-refractivity contribution in [3.05, 3.63) is 59.7 Å². The number of aliphatic carboxylic acids is 1. The number of fused-ring (bicyclic) bond motifs is 3. The van der Waals surface area contributed by atoms with Crippen molar-refractivity contribution in [2.75, 3.05) is 19.8 Å². The van der Waals surface area contributed by atoms with Crippen LogP contribution in [0.25, 0.3) is 11.1 Å². The highest BCUT2D eigenvalue weighted by Gasteiger charge is 2.52. The Bertz CT molecular complexity index is 1000. The molecule has 7 heteroatoms. The number of rotatable bonds is 6. The number of benzene rings is 2. The Labute approximate surface area is 199 Å². The molecule has 2 atom stereocenters. The van der Waals surface area contributed by atoms with Crippen LogP contribution in [0.15, 0.2) is 48.5 Å². The lowest BCUT2D eigenvalue weighted by atomic mass is 9.76. The van der Waals surface area contributed by atoms with Gasteiger partial charge in [0.15, 0.2) is 5.79 Å². The first-order valence-corrected chi connectivity index (χ1v) is 12.2. The molecule has 0 radical (unpaired) electrons. The van der Waals surface area contributed by atoms with Gasteiger partial charge in [-0.25, -0.2) is 4.79 Å². The van der Waals surface area contributed by atoms with Crippen molar-refractivity contribution in [1.82, 2.24) is 5.32 Å². The van der Waals surface area contributed by atoms with Gasteiger partial charge in [-0.1, -0.05) is 55.0 Å². The van der Waals surface area contributed by atoms with Crippen molar-refractivity contribution in [2.45, 2.75) is 56.3 Å². The summed E-state index contributed by atoms with van der Waals surface area (Å²) in [6.45, 7) is 1.31. The summed E-state index contributed by atoms with van der Waals surface area (Å²) in [6.07, 6.45) is 3.18. The minimum Gasteiger partial charge on any atom is -0.481 e. The van der Waals surface area contributed by atoms with Crippen LogP contribution >= 0.6 is 0 Å². The van der Waals surface area contributed by atoms with E-state index in [2.05, 4.69) is 29.6 Å². The topological polar surface area (TPSA) is 94.1 Å². The Hall–Kier alpha value is -2.90. The van der Waals surface area contributed by atoms with Gasteiger partial charge in [-0.3, -0.25) is 4.79 Å². The fourth-order valence-corrected chi connectivity index (χ4v) is 5.85. The zero-order valence-electron chi connectivity index (χ0n) is 19.2. The number of hydrogen-bond acceptors (Lipinski definition) is 5. The van der Waals surface area contributed by atoms with E-state index in [1.807, 2.05) is 24.3 Å². The molecule has 7 nitrogen and oxygen atoms in total. The summed E-state index contributed by atoms with van der Waals surface area (Å²) >= 11 is 0. The Kier molecular flexibility index (Phi) is 6.57. The monoisotopic (exact) mass is 465 g/mol. The molecule has 1 saturated heterocycles. The minimum atomic E-state index is -0.989. The largest absolute Gasteiger partial charge is 0.481 e. The van der Waals surface area contributed by atoms with Gasteiger partial charge in [0, 0.05) is 18.3 Å². The second-order valence-electron chi connectivity index (χ2n) is 9.35. The summed E-state index contributed by atoms with van der Waals surface area (Å²) in [5.41, 5.74) is 4.70. The van der Waals surface area contributed by atoms with Crippen molar-refractivity contribution in [3.8, 4) is 11.1 Å². The smallest absolute Gasteiger partial charge is 0.407 e. The van der Waals surface area contributed by atoms with E-state index in [0.29, 0.717) is 26.1 Å². The molecule has 180 valence electrons. The number of alkyl carbamates (subject to hydrolysis) is 1. The maximum atomic E-state index is 13.0. The summed E-state index contributed by atoms with van der Waals surface area (Å²) < 4.78 is 18.1. The molecule has 1 aliphatic heterocycles. The Morgan fingerprint density at radius 3 is 2.26 bits per heavy atom. The highest BCUT2D eigenvalue weighted by atomic mass is 16.7. The molecular formula is C27H31NO6. The fourth-order valence-electron chi connectivity index (χ4n) is 5.85. The van der Waals surface area contributed by atoms with E-state index >= 15 is 0 Å². The molecule has 1 spiro atoms. The lowest BCUT2D eigenvalue weighted by Gasteiger charge is -2.50. The molecule has 2 N–H and O–H groups in total. The maximum Gasteiger partial charge on any atom is 0.407 e. The highest BCUT2D eigenvalue weighted by Crippen LogP contribution is 2.45. The van der Waals surface area contributed by atoms with Crippen LogP contribution in [0, 0.1) is 5.92 Å². The zero-order chi connectivity index (χ0) is 23.5. The molecular weight excluding hydrogens is 434 g/mol. The third kappa shape index (κ3) is 4.30. The molecule has 0 aromatic heterocycles. The van der Waals surface area contributed by atoms with E-state index in [9.17, 15) is 14.7 Å². The first-order valence-electron chi connectivity index (χ1n) is 12.2. The summed E-state index contributed by atoms with van der Waals surface area (Å²) in [7, 11) is 0. The summed E-state index contributed by atoms with van der Waals surface area (Å²) in [5.74, 6) is -1.92. The molecule has 2 aromatic carbocycles. The van der Waals surface area contributed by atoms with Crippen LogP contribution in [0.2, 0.25) is 0 Å². The third-order valence-electron chi connectivity index (χ3n) is 7.39. The second-order valence-corrected chi connectivity index (χ2v) is 9.35. The first-order chi connectivity index (χ1) is 16.6. The van der Waals surface area contributed by atoms with Crippen LogP contribution in [0.3, 0.4) is 0 Å². The van der Waals surface area contributed by atoms with Crippen LogP contribution in [-0.4, -0.2) is 48.8 Å². The summed E-state index contributed by atoms with van der Waals surface area (Å²) in [5, 5.41) is 12.2. The average molecular weight is 466 g/mol. The fraction of sp³-hybridized carbons (Fsp3) is 0.481. The number of carboxylic acid groups (broad SMARTS) is 1. The predicted octanol–water partition coefficient (Wildman–Crippen LogP) is 4.69. The van der Waals surface area contributed by atoms with Crippen LogP contribution < -0.4 is 5.32 Å². The lowest BCUT2D eigenvalue weighted by Crippen LogP contribution is -2.63. The van der Waals surface area contributed by atoms with Crippen LogP contribution in [-0.2, 0) is 19.0 Å². The van der Waals surface area contributed by atoms with E-state index in [0.717, 1.165) is 19.3 Å². The van der Waals surface area contributed by atoms with Gasteiger partial charge in [0.1, 0.15) is 6.61 Å². The van der Waals surface area contributed by atoms with Gasteiger partial charge in [-0.15, -0.1) is 0 Å². The Morgan fingerprint density at radius 2 is 1.62 bits per heavy atom. The highest BCUT2D eigenvalue weighted by molar-refractivity contribution is 5.79. The normalized spacial score (nSPS) is 23.2. The first kappa shape index (κ1) is 22.9. The quantitative estimate of drug-likeness (QED) is 0.643. The van der Waals surface area contributed by atoms with Crippen molar-refractivity contribution in [3.63, 3.8) is 0 Å². The van der Waals surface area contributed by atoms with Gasteiger partial charge in [-0.05, 0) is 47.9 Å². The molecule has 1 saturated carbocycles. The molecule has 1 amide bonds. The van der Waals surface area contributed by atoms with Gasteiger partial charge in [0.05, 0.1) is 19.3 Å². The number of nitrogens with one attached hydrogen (secondary N) is 1. The molecule has 0 bridgehead atoms. The number of carboxylic acids is 1. The van der Waals surface area contributed by atoms with Crippen molar-refractivity contribution in [1.29, 1.82) is 0 Å². The summed E-state index contributed by atoms with van der Waals surface area (Å²) in [6, 6.07) is 16.1. The van der Waals surface area contributed by atoms with E-state index in [1.165, 1.54) is 22.3 Å². The standard InChI is InChI=1S/C27H31NO6/c29-25(30)14-13-18-7-5-12-24(27(18)33-15-6-16-34-27)28-26(31)32-17-23-21-10-3-1-8-19(21)20-9-2-4-11-22(20)23/h1-4,8-11,18,23-24H,5-7,12-17H2,(H,28,31)(H,29,30)/t18-,24-/m1/s1. The van der Waals surface area contributed by atoms with Crippen molar-refractivity contribution in [2.24, 2.45) is 5.92 Å². The van der Waals surface area contributed by atoms with Gasteiger partial charge in [0.2, 0.25) is 0 Å². The molecule has 0 unspecified atom stereocenters. The van der Waals surface area contributed by atoms with Gasteiger partial charge in [-0.2, -0.15) is 0 Å². The predicted molar refractivity (Wildman–Crippen MR) is 125 cm³/mol. The molecule has 1 heterocycles. The van der Waals surface area contributed by atoms with Crippen molar-refractivity contribution >= 4 is 12.1 Å². The third-order valence-corrected chi connectivity index (χ3v) is 7.39. The molecule has 3 aliphatic rings. The van der Waals surface area contributed by atoms with Gasteiger partial charge >= 0.3 is 12.1 Å². The second kappa shape index (κ2) is 9.76. The van der Waals surface area contributed by atoms with E-state index < -0.39 is 17.8 Å². The van der Waals surface area contributed by atoms with Crippen molar-refractivity contribution < 1.29 is 28.9 Å². The zero-order valence-corrected chi connectivity index (χ0v) is 19.2. The molecule has 5 rings (SSSR count). The van der Waals surface area contributed by atoms with Gasteiger partial charge in [0.25, 0.3) is 0 Å². The molecule has 2 aliphatic carbocycles.